The number of hydrogen-bond acceptors (Lipinski definition) is 5. The van der Waals surface area contributed by atoms with Crippen molar-refractivity contribution in [3.05, 3.63) is 84.9 Å². The molecule has 0 saturated carbocycles. The number of thioether (sulfide) groups is 1. The number of pyridine rings is 1. The van der Waals surface area contributed by atoms with Crippen molar-refractivity contribution in [2.75, 3.05) is 11.1 Å². The smallest absolute Gasteiger partial charge is 0.234 e. The number of nitrogens with one attached hydrogen (secondary N) is 1. The molecule has 0 aliphatic carbocycles. The lowest BCUT2D eigenvalue weighted by Gasteiger charge is -2.10. The van der Waals surface area contributed by atoms with Crippen molar-refractivity contribution in [1.29, 1.82) is 0 Å². The Hall–Kier alpha value is -3.52. The van der Waals surface area contributed by atoms with Gasteiger partial charge in [-0.05, 0) is 42.5 Å². The SMILES string of the molecule is O=C(CSc1nnc(-c2ccncc2)n1-c1ccccc1)Nc1cccc(F)c1. The van der Waals surface area contributed by atoms with Gasteiger partial charge in [0.15, 0.2) is 11.0 Å². The molecule has 6 nitrogen and oxygen atoms in total. The molecular weight excluding hydrogens is 389 g/mol. The summed E-state index contributed by atoms with van der Waals surface area (Å²) in [5.41, 5.74) is 2.17. The Kier molecular flexibility index (Phi) is 5.62. The van der Waals surface area contributed by atoms with Crippen molar-refractivity contribution in [3.63, 3.8) is 0 Å². The fourth-order valence-corrected chi connectivity index (χ4v) is 3.51. The highest BCUT2D eigenvalue weighted by Gasteiger charge is 2.17. The first-order valence-corrected chi connectivity index (χ1v) is 9.79. The van der Waals surface area contributed by atoms with Gasteiger partial charge in [-0.2, -0.15) is 0 Å². The third-order valence-corrected chi connectivity index (χ3v) is 4.96. The predicted molar refractivity (Wildman–Crippen MR) is 110 cm³/mol. The lowest BCUT2D eigenvalue weighted by molar-refractivity contribution is -0.113. The van der Waals surface area contributed by atoms with E-state index in [1.165, 1.54) is 23.9 Å². The van der Waals surface area contributed by atoms with Crippen LogP contribution in [-0.4, -0.2) is 31.4 Å². The molecule has 2 aromatic carbocycles. The summed E-state index contributed by atoms with van der Waals surface area (Å²) in [5.74, 6) is 0.110. The maximum Gasteiger partial charge on any atom is 0.234 e. The second-order valence-electron chi connectivity index (χ2n) is 6.06. The maximum absolute atomic E-state index is 13.3. The van der Waals surface area contributed by atoms with Gasteiger partial charge in [0, 0.05) is 29.3 Å². The summed E-state index contributed by atoms with van der Waals surface area (Å²) in [4.78, 5) is 16.3. The Bertz CT molecular complexity index is 1120. The minimum atomic E-state index is -0.402. The van der Waals surface area contributed by atoms with Crippen molar-refractivity contribution in [1.82, 2.24) is 19.7 Å². The molecule has 0 fully saturated rings. The Morgan fingerprint density at radius 2 is 1.79 bits per heavy atom. The van der Waals surface area contributed by atoms with Crippen LogP contribution in [0.3, 0.4) is 0 Å². The molecule has 0 spiro atoms. The number of aromatic nitrogens is 4. The van der Waals surface area contributed by atoms with Gasteiger partial charge in [-0.15, -0.1) is 10.2 Å². The van der Waals surface area contributed by atoms with E-state index in [4.69, 9.17) is 0 Å². The van der Waals surface area contributed by atoms with Gasteiger partial charge in [0.05, 0.1) is 5.75 Å². The summed E-state index contributed by atoms with van der Waals surface area (Å²) in [6.07, 6.45) is 3.39. The van der Waals surface area contributed by atoms with Crippen LogP contribution in [0, 0.1) is 5.82 Å². The van der Waals surface area contributed by atoms with E-state index in [1.807, 2.05) is 47.0 Å². The normalized spacial score (nSPS) is 10.7. The molecule has 4 rings (SSSR count). The largest absolute Gasteiger partial charge is 0.325 e. The third kappa shape index (κ3) is 4.49. The first kappa shape index (κ1) is 18.8. The number of anilines is 1. The number of carbonyl (C=O) groups excluding carboxylic acids is 1. The van der Waals surface area contributed by atoms with E-state index in [0.29, 0.717) is 16.7 Å². The molecule has 1 N–H and O–H groups in total. The predicted octanol–water partition coefficient (Wildman–Crippen LogP) is 4.20. The minimum absolute atomic E-state index is 0.109. The zero-order valence-corrected chi connectivity index (χ0v) is 16.0. The molecule has 0 aliphatic heterocycles. The molecule has 1 amide bonds. The van der Waals surface area contributed by atoms with Crippen molar-refractivity contribution >= 4 is 23.4 Å². The number of carbonyl (C=O) groups is 1. The highest BCUT2D eigenvalue weighted by atomic mass is 32.2. The fraction of sp³-hybridized carbons (Fsp3) is 0.0476. The molecular formula is C21H16FN5OS. The van der Waals surface area contributed by atoms with Crippen LogP contribution in [0.1, 0.15) is 0 Å². The van der Waals surface area contributed by atoms with E-state index in [1.54, 1.807) is 24.5 Å². The van der Waals surface area contributed by atoms with Crippen LogP contribution in [0.2, 0.25) is 0 Å². The number of hydrogen-bond donors (Lipinski definition) is 1. The average molecular weight is 405 g/mol. The number of nitrogens with zero attached hydrogens (tertiary/aromatic N) is 4. The second-order valence-corrected chi connectivity index (χ2v) is 7.00. The van der Waals surface area contributed by atoms with Crippen LogP contribution >= 0.6 is 11.8 Å². The van der Waals surface area contributed by atoms with E-state index < -0.39 is 5.82 Å². The summed E-state index contributed by atoms with van der Waals surface area (Å²) in [6.45, 7) is 0. The summed E-state index contributed by atoms with van der Waals surface area (Å²) >= 11 is 1.26. The maximum atomic E-state index is 13.3. The van der Waals surface area contributed by atoms with Crippen LogP contribution in [0.25, 0.3) is 17.1 Å². The number of halogens is 1. The summed E-state index contributed by atoms with van der Waals surface area (Å²) < 4.78 is 15.2. The van der Waals surface area contributed by atoms with E-state index in [-0.39, 0.29) is 11.7 Å². The van der Waals surface area contributed by atoms with Crippen LogP contribution in [-0.2, 0) is 4.79 Å². The van der Waals surface area contributed by atoms with Gasteiger partial charge in [-0.3, -0.25) is 14.3 Å². The summed E-state index contributed by atoms with van der Waals surface area (Å²) in [6, 6.07) is 19.2. The van der Waals surface area contributed by atoms with Crippen molar-refractivity contribution in [3.8, 4) is 17.1 Å². The fourth-order valence-electron chi connectivity index (χ4n) is 2.75. The summed E-state index contributed by atoms with van der Waals surface area (Å²) in [5, 5.41) is 11.9. The molecule has 2 heterocycles. The van der Waals surface area contributed by atoms with Gasteiger partial charge < -0.3 is 5.32 Å². The lowest BCUT2D eigenvalue weighted by Crippen LogP contribution is -2.14. The topological polar surface area (TPSA) is 72.7 Å². The third-order valence-electron chi connectivity index (χ3n) is 4.03. The minimum Gasteiger partial charge on any atom is -0.325 e. The molecule has 0 unspecified atom stereocenters. The van der Waals surface area contributed by atoms with E-state index in [2.05, 4.69) is 20.5 Å². The first-order chi connectivity index (χ1) is 14.2. The zero-order chi connectivity index (χ0) is 20.1. The molecule has 0 aliphatic rings. The monoisotopic (exact) mass is 405 g/mol. The number of amides is 1. The standard InChI is InChI=1S/C21H16FN5OS/c22-16-5-4-6-17(13-16)24-19(28)14-29-21-26-25-20(15-9-11-23-12-10-15)27(21)18-7-2-1-3-8-18/h1-13H,14H2,(H,24,28). The number of rotatable bonds is 6. The van der Waals surface area contributed by atoms with E-state index >= 15 is 0 Å². The van der Waals surface area contributed by atoms with Crippen LogP contribution in [0.15, 0.2) is 84.3 Å². The quantitative estimate of drug-likeness (QED) is 0.487. The van der Waals surface area contributed by atoms with Gasteiger partial charge in [-0.25, -0.2) is 4.39 Å². The van der Waals surface area contributed by atoms with Crippen molar-refractivity contribution < 1.29 is 9.18 Å². The Morgan fingerprint density at radius 3 is 2.55 bits per heavy atom. The van der Waals surface area contributed by atoms with Crippen LogP contribution < -0.4 is 5.32 Å². The molecule has 2 aromatic heterocycles. The highest BCUT2D eigenvalue weighted by Crippen LogP contribution is 2.27. The van der Waals surface area contributed by atoms with Crippen LogP contribution in [0.5, 0.6) is 0 Å². The Labute approximate surface area is 170 Å². The Balaban J connectivity index is 1.57. The molecule has 144 valence electrons. The molecule has 0 saturated heterocycles. The average Bonchev–Trinajstić information content (AvgIpc) is 3.17. The summed E-state index contributed by atoms with van der Waals surface area (Å²) in [7, 11) is 0. The van der Waals surface area contributed by atoms with Crippen LogP contribution in [0.4, 0.5) is 10.1 Å². The number of benzene rings is 2. The number of para-hydroxylation sites is 1. The van der Waals surface area contributed by atoms with Gasteiger partial charge in [-0.1, -0.05) is 36.0 Å². The molecule has 0 bridgehead atoms. The molecule has 0 atom stereocenters. The first-order valence-electron chi connectivity index (χ1n) is 8.80. The van der Waals surface area contributed by atoms with Gasteiger partial charge in [0.2, 0.25) is 5.91 Å². The van der Waals surface area contributed by atoms with Gasteiger partial charge >= 0.3 is 0 Å². The van der Waals surface area contributed by atoms with E-state index in [9.17, 15) is 9.18 Å². The molecule has 4 aromatic rings. The van der Waals surface area contributed by atoms with E-state index in [0.717, 1.165) is 11.3 Å². The highest BCUT2D eigenvalue weighted by molar-refractivity contribution is 7.99. The molecule has 0 radical (unpaired) electrons. The molecule has 29 heavy (non-hydrogen) atoms. The zero-order valence-electron chi connectivity index (χ0n) is 15.2. The van der Waals surface area contributed by atoms with Gasteiger partial charge in [0.25, 0.3) is 0 Å². The van der Waals surface area contributed by atoms with Crippen molar-refractivity contribution in [2.45, 2.75) is 5.16 Å². The second kappa shape index (κ2) is 8.66. The molecule has 8 heteroatoms. The Morgan fingerprint density at radius 1 is 1.00 bits per heavy atom. The lowest BCUT2D eigenvalue weighted by atomic mass is 10.2. The van der Waals surface area contributed by atoms with Crippen molar-refractivity contribution in [2.24, 2.45) is 0 Å². The van der Waals surface area contributed by atoms with Gasteiger partial charge in [0.1, 0.15) is 5.82 Å².